The van der Waals surface area contributed by atoms with Gasteiger partial charge in [0.2, 0.25) is 5.91 Å². The van der Waals surface area contributed by atoms with Gasteiger partial charge in [-0.1, -0.05) is 31.9 Å². The van der Waals surface area contributed by atoms with E-state index in [0.717, 1.165) is 19.3 Å². The first kappa shape index (κ1) is 17.5. The number of carbonyl (C=O) groups is 1. The van der Waals surface area contributed by atoms with E-state index in [-0.39, 0.29) is 36.0 Å². The van der Waals surface area contributed by atoms with Gasteiger partial charge in [-0.15, -0.1) is 0 Å². The third kappa shape index (κ3) is 3.52. The minimum atomic E-state index is -0.308. The van der Waals surface area contributed by atoms with E-state index in [0.29, 0.717) is 16.7 Å². The molecule has 0 radical (unpaired) electrons. The number of nitrogens with one attached hydrogen (secondary N) is 1. The van der Waals surface area contributed by atoms with Gasteiger partial charge < -0.3 is 4.90 Å². The molecule has 3 rings (SSSR count). The van der Waals surface area contributed by atoms with Crippen LogP contribution in [0.4, 0.5) is 0 Å². The number of nitrogens with zero attached hydrogens (tertiary/aromatic N) is 2. The SMILES string of the molecule is CC1CCCCC1N(C)C(=O)CCn1[nH]c(=O)c2ccccc2c1=O. The first-order valence-corrected chi connectivity index (χ1v) is 8.96. The number of aromatic amines is 1. The Morgan fingerprint density at radius 2 is 1.88 bits per heavy atom. The lowest BCUT2D eigenvalue weighted by Gasteiger charge is -2.36. The maximum atomic E-state index is 12.5. The van der Waals surface area contributed by atoms with Crippen molar-refractivity contribution in [2.24, 2.45) is 5.92 Å². The Balaban J connectivity index is 1.74. The number of amides is 1. The molecular weight excluding hydrogens is 318 g/mol. The quantitative estimate of drug-likeness (QED) is 0.924. The molecule has 25 heavy (non-hydrogen) atoms. The van der Waals surface area contributed by atoms with Gasteiger partial charge in [-0.2, -0.15) is 0 Å². The highest BCUT2D eigenvalue weighted by atomic mass is 16.2. The van der Waals surface area contributed by atoms with Crippen LogP contribution in [0, 0.1) is 5.92 Å². The molecule has 2 unspecified atom stereocenters. The Labute approximate surface area is 146 Å². The van der Waals surface area contributed by atoms with Crippen molar-refractivity contribution in [1.29, 1.82) is 0 Å². The van der Waals surface area contributed by atoms with Gasteiger partial charge in [-0.05, 0) is 30.9 Å². The maximum Gasteiger partial charge on any atom is 0.273 e. The van der Waals surface area contributed by atoms with Crippen LogP contribution in [0.25, 0.3) is 10.8 Å². The molecule has 1 aromatic carbocycles. The molecule has 2 atom stereocenters. The number of hydrogen-bond donors (Lipinski definition) is 1. The fourth-order valence-corrected chi connectivity index (χ4v) is 3.84. The Kier molecular flexibility index (Phi) is 5.06. The van der Waals surface area contributed by atoms with E-state index in [2.05, 4.69) is 12.0 Å². The molecule has 1 aromatic heterocycles. The molecule has 6 nitrogen and oxygen atoms in total. The second kappa shape index (κ2) is 7.25. The fourth-order valence-electron chi connectivity index (χ4n) is 3.84. The summed E-state index contributed by atoms with van der Waals surface area (Å²) in [7, 11) is 1.85. The van der Waals surface area contributed by atoms with E-state index in [1.807, 2.05) is 11.9 Å². The molecule has 134 valence electrons. The third-order valence-electron chi connectivity index (χ3n) is 5.39. The molecule has 1 saturated carbocycles. The maximum absolute atomic E-state index is 12.5. The Morgan fingerprint density at radius 3 is 2.60 bits per heavy atom. The van der Waals surface area contributed by atoms with Crippen LogP contribution in [0.15, 0.2) is 33.9 Å². The summed E-state index contributed by atoms with van der Waals surface area (Å²) in [5.74, 6) is 0.519. The van der Waals surface area contributed by atoms with Gasteiger partial charge in [-0.3, -0.25) is 19.5 Å². The van der Waals surface area contributed by atoms with Gasteiger partial charge in [0.25, 0.3) is 11.1 Å². The van der Waals surface area contributed by atoms with Crippen LogP contribution in [0.5, 0.6) is 0 Å². The molecule has 0 bridgehead atoms. The summed E-state index contributed by atoms with van der Waals surface area (Å²) in [6, 6.07) is 7.00. The van der Waals surface area contributed by atoms with Crippen LogP contribution in [0.1, 0.15) is 39.0 Å². The van der Waals surface area contributed by atoms with Crippen molar-refractivity contribution in [2.45, 2.75) is 51.6 Å². The van der Waals surface area contributed by atoms with Crippen LogP contribution in [0.2, 0.25) is 0 Å². The second-order valence-electron chi connectivity index (χ2n) is 7.03. The summed E-state index contributed by atoms with van der Waals surface area (Å²) >= 11 is 0. The standard InChI is InChI=1S/C19H25N3O3/c1-13-7-3-6-10-16(13)21(2)17(23)11-12-22-19(25)15-9-5-4-8-14(15)18(24)20-22/h4-5,8-9,13,16H,3,6-7,10-12H2,1-2H3,(H,20,24). The monoisotopic (exact) mass is 343 g/mol. The lowest BCUT2D eigenvalue weighted by atomic mass is 9.85. The summed E-state index contributed by atoms with van der Waals surface area (Å²) in [6.07, 6.45) is 4.78. The molecule has 1 amide bonds. The summed E-state index contributed by atoms with van der Waals surface area (Å²) in [5, 5.41) is 3.34. The molecule has 0 saturated heterocycles. The van der Waals surface area contributed by atoms with Crippen LogP contribution in [0.3, 0.4) is 0 Å². The number of hydrogen-bond acceptors (Lipinski definition) is 3. The van der Waals surface area contributed by atoms with Gasteiger partial charge in [0, 0.05) is 19.5 Å². The average Bonchev–Trinajstić information content (AvgIpc) is 2.63. The largest absolute Gasteiger partial charge is 0.342 e. The van der Waals surface area contributed by atoms with E-state index in [1.54, 1.807) is 24.3 Å². The number of carbonyl (C=O) groups excluding carboxylic acids is 1. The molecule has 1 heterocycles. The molecule has 1 fully saturated rings. The van der Waals surface area contributed by atoms with Gasteiger partial charge in [0.05, 0.1) is 17.3 Å². The third-order valence-corrected chi connectivity index (χ3v) is 5.39. The second-order valence-corrected chi connectivity index (χ2v) is 7.03. The predicted molar refractivity (Wildman–Crippen MR) is 97.6 cm³/mol. The Hall–Kier alpha value is -2.37. The molecule has 0 aliphatic heterocycles. The lowest BCUT2D eigenvalue weighted by molar-refractivity contribution is -0.133. The highest BCUT2D eigenvalue weighted by molar-refractivity contribution is 5.80. The van der Waals surface area contributed by atoms with Crippen molar-refractivity contribution in [3.63, 3.8) is 0 Å². The summed E-state index contributed by atoms with van der Waals surface area (Å²) in [5.41, 5.74) is -0.575. The number of aromatic nitrogens is 2. The van der Waals surface area contributed by atoms with Crippen molar-refractivity contribution in [1.82, 2.24) is 14.7 Å². The van der Waals surface area contributed by atoms with Gasteiger partial charge >= 0.3 is 0 Å². The Bertz CT molecular complexity index is 883. The highest BCUT2D eigenvalue weighted by Gasteiger charge is 2.27. The average molecular weight is 343 g/mol. The van der Waals surface area contributed by atoms with Crippen molar-refractivity contribution >= 4 is 16.7 Å². The number of benzene rings is 1. The predicted octanol–water partition coefficient (Wildman–Crippen LogP) is 2.12. The lowest BCUT2D eigenvalue weighted by Crippen LogP contribution is -2.43. The minimum absolute atomic E-state index is 0.0136. The van der Waals surface area contributed by atoms with Gasteiger partial charge in [-0.25, -0.2) is 4.68 Å². The zero-order valence-electron chi connectivity index (χ0n) is 14.8. The van der Waals surface area contributed by atoms with Crippen molar-refractivity contribution < 1.29 is 4.79 Å². The summed E-state index contributed by atoms with van der Waals surface area (Å²) in [4.78, 5) is 39.0. The van der Waals surface area contributed by atoms with E-state index in [9.17, 15) is 14.4 Å². The normalized spacial score (nSPS) is 20.6. The van der Waals surface area contributed by atoms with Crippen LogP contribution < -0.4 is 11.1 Å². The van der Waals surface area contributed by atoms with Crippen molar-refractivity contribution in [2.75, 3.05) is 7.05 Å². The van der Waals surface area contributed by atoms with Crippen molar-refractivity contribution in [3.8, 4) is 0 Å². The van der Waals surface area contributed by atoms with Gasteiger partial charge in [0.15, 0.2) is 0 Å². The summed E-state index contributed by atoms with van der Waals surface area (Å²) in [6.45, 7) is 2.38. The van der Waals surface area contributed by atoms with E-state index < -0.39 is 0 Å². The van der Waals surface area contributed by atoms with Crippen molar-refractivity contribution in [3.05, 3.63) is 45.0 Å². The molecule has 0 spiro atoms. The fraction of sp³-hybridized carbons (Fsp3) is 0.526. The molecule has 1 aliphatic rings. The Morgan fingerprint density at radius 1 is 1.20 bits per heavy atom. The zero-order valence-corrected chi connectivity index (χ0v) is 14.8. The number of aryl methyl sites for hydroxylation is 1. The number of H-pyrrole nitrogens is 1. The highest BCUT2D eigenvalue weighted by Crippen LogP contribution is 2.27. The smallest absolute Gasteiger partial charge is 0.273 e. The van der Waals surface area contributed by atoms with Gasteiger partial charge in [0.1, 0.15) is 0 Å². The first-order valence-electron chi connectivity index (χ1n) is 8.96. The minimum Gasteiger partial charge on any atom is -0.342 e. The van der Waals surface area contributed by atoms with E-state index in [1.165, 1.54) is 11.1 Å². The zero-order chi connectivity index (χ0) is 18.0. The van der Waals surface area contributed by atoms with Crippen LogP contribution >= 0.6 is 0 Å². The molecule has 1 N–H and O–H groups in total. The molecule has 1 aliphatic carbocycles. The van der Waals surface area contributed by atoms with E-state index in [4.69, 9.17) is 0 Å². The number of rotatable bonds is 4. The van der Waals surface area contributed by atoms with Crippen LogP contribution in [-0.4, -0.2) is 33.7 Å². The first-order chi connectivity index (χ1) is 12.0. The molecular formula is C19H25N3O3. The van der Waals surface area contributed by atoms with E-state index >= 15 is 0 Å². The van der Waals surface area contributed by atoms with Crippen LogP contribution in [-0.2, 0) is 11.3 Å². The number of fused-ring (bicyclic) bond motifs is 1. The summed E-state index contributed by atoms with van der Waals surface area (Å²) < 4.78 is 1.25. The topological polar surface area (TPSA) is 75.2 Å². The molecule has 6 heteroatoms. The molecule has 2 aromatic rings.